The van der Waals surface area contributed by atoms with Crippen molar-refractivity contribution < 1.29 is 9.00 Å². The lowest BCUT2D eigenvalue weighted by atomic mass is 9.95. The molecule has 0 bridgehead atoms. The van der Waals surface area contributed by atoms with Gasteiger partial charge in [0.15, 0.2) is 0 Å². The topological polar surface area (TPSA) is 61.4 Å². The van der Waals surface area contributed by atoms with Crippen LogP contribution in [0.5, 0.6) is 0 Å². The first-order valence-corrected chi connectivity index (χ1v) is 10.4. The highest BCUT2D eigenvalue weighted by Gasteiger charge is 2.21. The Bertz CT molecular complexity index is 857. The number of likely N-dealkylation sites (N-methyl/N-ethyl adjacent to an activating group) is 1. The summed E-state index contributed by atoms with van der Waals surface area (Å²) in [5, 5.41) is 2.89. The fourth-order valence-electron chi connectivity index (χ4n) is 2.98. The van der Waals surface area contributed by atoms with Crippen molar-refractivity contribution in [3.63, 3.8) is 0 Å². The number of rotatable bonds is 5. The SMILES string of the molecule is CCN1CCc2ccc(S(=O)Nc3ccc(NC(=O)C(C)(C)C)cc3)cc21. The van der Waals surface area contributed by atoms with Crippen molar-refractivity contribution in [1.29, 1.82) is 0 Å². The van der Waals surface area contributed by atoms with Gasteiger partial charge in [0.2, 0.25) is 5.91 Å². The molecule has 3 rings (SSSR count). The number of carbonyl (C=O) groups excluding carboxylic acids is 1. The van der Waals surface area contributed by atoms with E-state index in [1.165, 1.54) is 11.3 Å². The Morgan fingerprint density at radius 3 is 2.41 bits per heavy atom. The summed E-state index contributed by atoms with van der Waals surface area (Å²) in [6, 6.07) is 13.3. The monoisotopic (exact) mass is 385 g/mol. The van der Waals surface area contributed by atoms with Gasteiger partial charge in [0.05, 0.1) is 4.90 Å². The molecule has 1 amide bonds. The molecule has 0 aromatic heterocycles. The Balaban J connectivity index is 1.67. The lowest BCUT2D eigenvalue weighted by Gasteiger charge is -2.18. The molecule has 2 N–H and O–H groups in total. The highest BCUT2D eigenvalue weighted by molar-refractivity contribution is 7.86. The van der Waals surface area contributed by atoms with Crippen LogP contribution in [0.1, 0.15) is 33.3 Å². The van der Waals surface area contributed by atoms with Crippen LogP contribution in [0, 0.1) is 5.41 Å². The zero-order valence-electron chi connectivity index (χ0n) is 16.3. The lowest BCUT2D eigenvalue weighted by Crippen LogP contribution is -2.27. The maximum Gasteiger partial charge on any atom is 0.229 e. The number of nitrogens with zero attached hydrogens (tertiary/aromatic N) is 1. The summed E-state index contributed by atoms with van der Waals surface area (Å²) < 4.78 is 15.7. The minimum absolute atomic E-state index is 0.0367. The van der Waals surface area contributed by atoms with E-state index in [1.807, 2.05) is 57.2 Å². The average Bonchev–Trinajstić information content (AvgIpc) is 3.04. The van der Waals surface area contributed by atoms with Gasteiger partial charge in [0.1, 0.15) is 11.0 Å². The van der Waals surface area contributed by atoms with Gasteiger partial charge in [0.25, 0.3) is 0 Å². The molecule has 5 nitrogen and oxygen atoms in total. The zero-order valence-corrected chi connectivity index (χ0v) is 17.2. The van der Waals surface area contributed by atoms with Crippen molar-refractivity contribution in [3.8, 4) is 0 Å². The fourth-order valence-corrected chi connectivity index (χ4v) is 3.85. The van der Waals surface area contributed by atoms with Crippen LogP contribution < -0.4 is 14.9 Å². The van der Waals surface area contributed by atoms with E-state index in [9.17, 15) is 9.00 Å². The molecule has 6 heteroatoms. The van der Waals surface area contributed by atoms with Crippen LogP contribution in [-0.2, 0) is 22.2 Å². The predicted octanol–water partition coefficient (Wildman–Crippen LogP) is 4.19. The quantitative estimate of drug-likeness (QED) is 0.811. The summed E-state index contributed by atoms with van der Waals surface area (Å²) in [4.78, 5) is 15.1. The van der Waals surface area contributed by atoms with Crippen molar-refractivity contribution >= 4 is 34.0 Å². The van der Waals surface area contributed by atoms with E-state index in [1.54, 1.807) is 0 Å². The number of hydrogen-bond donors (Lipinski definition) is 2. The third-order valence-electron chi connectivity index (χ3n) is 4.68. The van der Waals surface area contributed by atoms with E-state index in [0.717, 1.165) is 35.8 Å². The average molecular weight is 386 g/mol. The van der Waals surface area contributed by atoms with E-state index < -0.39 is 16.4 Å². The molecule has 1 heterocycles. The van der Waals surface area contributed by atoms with E-state index in [2.05, 4.69) is 27.9 Å². The molecular formula is C21H27N3O2S. The predicted molar refractivity (Wildman–Crippen MR) is 113 cm³/mol. The number of anilines is 3. The number of nitrogens with one attached hydrogen (secondary N) is 2. The minimum Gasteiger partial charge on any atom is -0.371 e. The molecule has 1 unspecified atom stereocenters. The van der Waals surface area contributed by atoms with Gasteiger partial charge in [-0.3, -0.25) is 4.79 Å². The van der Waals surface area contributed by atoms with Crippen LogP contribution in [-0.4, -0.2) is 23.2 Å². The Labute approximate surface area is 163 Å². The Morgan fingerprint density at radius 1 is 1.11 bits per heavy atom. The van der Waals surface area contributed by atoms with Crippen LogP contribution in [0.4, 0.5) is 17.1 Å². The summed E-state index contributed by atoms with van der Waals surface area (Å²) in [5.41, 5.74) is 3.53. The first kappa shape index (κ1) is 19.4. The third kappa shape index (κ3) is 4.50. The molecule has 144 valence electrons. The highest BCUT2D eigenvalue weighted by atomic mass is 32.2. The van der Waals surface area contributed by atoms with E-state index in [4.69, 9.17) is 0 Å². The van der Waals surface area contributed by atoms with Crippen LogP contribution in [0.2, 0.25) is 0 Å². The van der Waals surface area contributed by atoms with Crippen molar-refractivity contribution in [2.24, 2.45) is 5.41 Å². The molecule has 2 aromatic carbocycles. The van der Waals surface area contributed by atoms with Crippen LogP contribution in [0.3, 0.4) is 0 Å². The number of fused-ring (bicyclic) bond motifs is 1. The number of amides is 1. The number of benzene rings is 2. The lowest BCUT2D eigenvalue weighted by molar-refractivity contribution is -0.123. The largest absolute Gasteiger partial charge is 0.371 e. The molecule has 0 saturated carbocycles. The van der Waals surface area contributed by atoms with Gasteiger partial charge in [0, 0.05) is 35.6 Å². The second kappa shape index (κ2) is 7.72. The molecule has 0 radical (unpaired) electrons. The van der Waals surface area contributed by atoms with Crippen LogP contribution >= 0.6 is 0 Å². The van der Waals surface area contributed by atoms with Crippen LogP contribution in [0.25, 0.3) is 0 Å². The van der Waals surface area contributed by atoms with Crippen molar-refractivity contribution in [3.05, 3.63) is 48.0 Å². The van der Waals surface area contributed by atoms with E-state index in [-0.39, 0.29) is 5.91 Å². The first-order chi connectivity index (χ1) is 12.8. The first-order valence-electron chi connectivity index (χ1n) is 9.26. The number of hydrogen-bond acceptors (Lipinski definition) is 3. The van der Waals surface area contributed by atoms with Gasteiger partial charge in [-0.05, 0) is 55.3 Å². The molecule has 27 heavy (non-hydrogen) atoms. The third-order valence-corrected chi connectivity index (χ3v) is 5.78. The zero-order chi connectivity index (χ0) is 19.6. The summed E-state index contributed by atoms with van der Waals surface area (Å²) in [6.07, 6.45) is 1.05. The number of carbonyl (C=O) groups is 1. The molecular weight excluding hydrogens is 358 g/mol. The van der Waals surface area contributed by atoms with Crippen molar-refractivity contribution in [1.82, 2.24) is 0 Å². The van der Waals surface area contributed by atoms with E-state index in [0.29, 0.717) is 0 Å². The normalized spacial score (nSPS) is 14.6. The maximum atomic E-state index is 12.7. The molecule has 1 aliphatic heterocycles. The molecule has 2 aromatic rings. The standard InChI is InChI=1S/C21H27N3O2S/c1-5-24-13-12-15-6-11-18(14-19(15)24)27(26)23-17-9-7-16(8-10-17)22-20(25)21(2,3)4/h6-11,14,23H,5,12-13H2,1-4H3,(H,22,25). The summed E-state index contributed by atoms with van der Waals surface area (Å²) >= 11 is 0. The van der Waals surface area contributed by atoms with Gasteiger partial charge in [-0.15, -0.1) is 0 Å². The summed E-state index contributed by atoms with van der Waals surface area (Å²) in [5.74, 6) is -0.0367. The second-order valence-electron chi connectivity index (χ2n) is 7.77. The fraction of sp³-hybridized carbons (Fsp3) is 0.381. The van der Waals surface area contributed by atoms with Gasteiger partial charge < -0.3 is 14.9 Å². The van der Waals surface area contributed by atoms with Gasteiger partial charge in [-0.1, -0.05) is 26.8 Å². The molecule has 1 atom stereocenters. The second-order valence-corrected chi connectivity index (χ2v) is 8.99. The molecule has 0 aliphatic carbocycles. The van der Waals surface area contributed by atoms with Gasteiger partial charge in [-0.2, -0.15) is 0 Å². The molecule has 1 aliphatic rings. The van der Waals surface area contributed by atoms with Crippen LogP contribution in [0.15, 0.2) is 47.4 Å². The smallest absolute Gasteiger partial charge is 0.229 e. The Hall–Kier alpha value is -2.34. The summed E-state index contributed by atoms with van der Waals surface area (Å²) in [7, 11) is -1.34. The minimum atomic E-state index is -1.34. The summed E-state index contributed by atoms with van der Waals surface area (Å²) in [6.45, 7) is 9.74. The van der Waals surface area contributed by atoms with Gasteiger partial charge >= 0.3 is 0 Å². The molecule has 0 saturated heterocycles. The highest BCUT2D eigenvalue weighted by Crippen LogP contribution is 2.30. The van der Waals surface area contributed by atoms with Crippen molar-refractivity contribution in [2.45, 2.75) is 39.0 Å². The Kier molecular flexibility index (Phi) is 5.56. The molecule has 0 spiro atoms. The van der Waals surface area contributed by atoms with Crippen molar-refractivity contribution in [2.75, 3.05) is 28.0 Å². The Morgan fingerprint density at radius 2 is 1.78 bits per heavy atom. The van der Waals surface area contributed by atoms with E-state index >= 15 is 0 Å². The van der Waals surface area contributed by atoms with Gasteiger partial charge in [-0.25, -0.2) is 4.21 Å². The maximum absolute atomic E-state index is 12.7. The molecule has 0 fully saturated rings.